The zero-order valence-corrected chi connectivity index (χ0v) is 16.2. The highest BCUT2D eigenvalue weighted by Crippen LogP contribution is 2.34. The van der Waals surface area contributed by atoms with Crippen LogP contribution in [0.15, 0.2) is 41.5 Å². The Balaban J connectivity index is 2.02. The van der Waals surface area contributed by atoms with Gasteiger partial charge in [-0.3, -0.25) is 13.7 Å². The van der Waals surface area contributed by atoms with Gasteiger partial charge in [0.05, 0.1) is 29.5 Å². The lowest BCUT2D eigenvalue weighted by molar-refractivity contribution is 0.279. The van der Waals surface area contributed by atoms with Crippen LogP contribution in [0.4, 0.5) is 14.5 Å². The average Bonchev–Trinajstić information content (AvgIpc) is 2.72. The molecular weight excluding hydrogens is 422 g/mol. The summed E-state index contributed by atoms with van der Waals surface area (Å²) < 4.78 is 63.1. The van der Waals surface area contributed by atoms with Crippen molar-refractivity contribution in [2.45, 2.75) is 0 Å². The molecule has 9 nitrogen and oxygen atoms in total. The minimum absolute atomic E-state index is 0.0247. The number of hydrogen-bond donors (Lipinski definition) is 1. The quantitative estimate of drug-likeness (QED) is 0.603. The molecule has 30 heavy (non-hydrogen) atoms. The van der Waals surface area contributed by atoms with Crippen molar-refractivity contribution in [1.29, 1.82) is 5.26 Å². The first-order valence-electron chi connectivity index (χ1n) is 8.34. The number of ether oxygens (including phenoxy) is 1. The summed E-state index contributed by atoms with van der Waals surface area (Å²) >= 11 is 0. The van der Waals surface area contributed by atoms with E-state index < -0.39 is 40.7 Å². The number of nitrogens with one attached hydrogen (secondary N) is 1. The van der Waals surface area contributed by atoms with Gasteiger partial charge < -0.3 is 9.30 Å². The molecule has 3 aromatic rings. The Morgan fingerprint density at radius 3 is 2.77 bits per heavy atom. The number of alkyl halides is 1. The van der Waals surface area contributed by atoms with E-state index in [1.165, 1.54) is 36.1 Å². The van der Waals surface area contributed by atoms with E-state index in [0.29, 0.717) is 5.52 Å². The number of hydrogen-bond acceptors (Lipinski definition) is 7. The molecule has 1 aromatic heterocycles. The fourth-order valence-electron chi connectivity index (χ4n) is 2.53. The first-order chi connectivity index (χ1) is 14.3. The predicted octanol–water partition coefficient (Wildman–Crippen LogP) is 2.38. The van der Waals surface area contributed by atoms with Crippen LogP contribution in [-0.2, 0) is 21.5 Å². The van der Waals surface area contributed by atoms with Gasteiger partial charge >= 0.3 is 10.3 Å². The Kier molecular flexibility index (Phi) is 5.95. The Labute approximate surface area is 169 Å². The van der Waals surface area contributed by atoms with Crippen LogP contribution in [0.5, 0.6) is 11.5 Å². The van der Waals surface area contributed by atoms with Gasteiger partial charge in [0.15, 0.2) is 11.6 Å². The van der Waals surface area contributed by atoms with Crippen molar-refractivity contribution < 1.29 is 26.1 Å². The smallest absolute Gasteiger partial charge is 0.360 e. The minimum atomic E-state index is -4.44. The first kappa shape index (κ1) is 21.2. The molecule has 1 N–H and O–H groups in total. The highest BCUT2D eigenvalue weighted by atomic mass is 32.2. The van der Waals surface area contributed by atoms with E-state index in [-0.39, 0.29) is 22.4 Å². The topological polar surface area (TPSA) is 123 Å². The molecule has 2 aromatic carbocycles. The van der Waals surface area contributed by atoms with Crippen LogP contribution in [-0.4, -0.2) is 31.3 Å². The molecule has 0 unspecified atom stereocenters. The van der Waals surface area contributed by atoms with Crippen LogP contribution in [0.1, 0.15) is 5.56 Å². The lowest BCUT2D eigenvalue weighted by Gasteiger charge is -2.13. The van der Waals surface area contributed by atoms with Gasteiger partial charge in [-0.05, 0) is 30.3 Å². The molecule has 0 saturated carbocycles. The molecule has 0 aliphatic heterocycles. The number of anilines is 1. The second-order valence-electron chi connectivity index (χ2n) is 5.92. The van der Waals surface area contributed by atoms with E-state index in [2.05, 4.69) is 9.17 Å². The largest absolute Gasteiger partial charge is 0.453 e. The molecule has 0 spiro atoms. The summed E-state index contributed by atoms with van der Waals surface area (Å²) in [4.78, 5) is 16.3. The molecule has 0 amide bonds. The molecule has 0 radical (unpaired) electrons. The third-order valence-electron chi connectivity index (χ3n) is 3.88. The summed E-state index contributed by atoms with van der Waals surface area (Å²) in [5.74, 6) is -1.49. The standard InChI is InChI=1S/C18H14F2N4O5S/c1-24-10-22-15-4-2-11(8-12(15)18(24)25)29-17-13(9-21)16(5-3-14(17)20)23-30(26,27)28-7-6-19/h2-5,8,10,23H,6-7H2,1H3. The molecule has 0 aliphatic rings. The van der Waals surface area contributed by atoms with E-state index in [1.54, 1.807) is 6.07 Å². The van der Waals surface area contributed by atoms with E-state index in [4.69, 9.17) is 4.74 Å². The van der Waals surface area contributed by atoms with Crippen LogP contribution in [0.2, 0.25) is 0 Å². The lowest BCUT2D eigenvalue weighted by atomic mass is 10.1. The molecule has 0 aliphatic carbocycles. The zero-order chi connectivity index (χ0) is 21.9. The summed E-state index contributed by atoms with van der Waals surface area (Å²) in [5.41, 5.74) is -0.774. The van der Waals surface area contributed by atoms with Gasteiger partial charge in [0.1, 0.15) is 24.1 Å². The number of aromatic nitrogens is 2. The molecule has 0 fully saturated rings. The Morgan fingerprint density at radius 2 is 2.07 bits per heavy atom. The normalized spacial score (nSPS) is 11.3. The molecule has 12 heteroatoms. The highest BCUT2D eigenvalue weighted by molar-refractivity contribution is 7.88. The molecule has 3 rings (SSSR count). The van der Waals surface area contributed by atoms with Gasteiger partial charge in [0, 0.05) is 7.05 Å². The number of aryl methyl sites for hydroxylation is 1. The van der Waals surface area contributed by atoms with Crippen molar-refractivity contribution in [1.82, 2.24) is 9.55 Å². The monoisotopic (exact) mass is 436 g/mol. The maximum Gasteiger partial charge on any atom is 0.360 e. The summed E-state index contributed by atoms with van der Waals surface area (Å²) in [6.45, 7) is -1.76. The second-order valence-corrected chi connectivity index (χ2v) is 7.27. The zero-order valence-electron chi connectivity index (χ0n) is 15.4. The van der Waals surface area contributed by atoms with Gasteiger partial charge in [0.25, 0.3) is 5.56 Å². The second kappa shape index (κ2) is 8.44. The van der Waals surface area contributed by atoms with E-state index in [9.17, 15) is 27.3 Å². The van der Waals surface area contributed by atoms with Crippen LogP contribution < -0.4 is 15.0 Å². The molecule has 1 heterocycles. The minimum Gasteiger partial charge on any atom is -0.453 e. The molecule has 0 bridgehead atoms. The summed E-state index contributed by atoms with van der Waals surface area (Å²) in [6, 6.07) is 7.76. The maximum absolute atomic E-state index is 14.4. The molecule has 156 valence electrons. The van der Waals surface area contributed by atoms with Crippen molar-refractivity contribution in [3.63, 3.8) is 0 Å². The van der Waals surface area contributed by atoms with Gasteiger partial charge in [0.2, 0.25) is 0 Å². The van der Waals surface area contributed by atoms with Crippen LogP contribution in [0, 0.1) is 17.1 Å². The number of rotatable bonds is 7. The van der Waals surface area contributed by atoms with Crippen LogP contribution >= 0.6 is 0 Å². The Hall–Kier alpha value is -3.56. The number of benzene rings is 2. The number of nitrogens with zero attached hydrogens (tertiary/aromatic N) is 3. The van der Waals surface area contributed by atoms with E-state index in [0.717, 1.165) is 12.1 Å². The fraction of sp³-hybridized carbons (Fsp3) is 0.167. The third-order valence-corrected chi connectivity index (χ3v) is 4.83. The van der Waals surface area contributed by atoms with Gasteiger partial charge in [-0.25, -0.2) is 13.8 Å². The van der Waals surface area contributed by atoms with Crippen molar-refractivity contribution >= 4 is 26.9 Å². The lowest BCUT2D eigenvalue weighted by Crippen LogP contribution is -2.18. The molecule has 0 saturated heterocycles. The summed E-state index contributed by atoms with van der Waals surface area (Å²) in [5, 5.41) is 9.63. The van der Waals surface area contributed by atoms with Gasteiger partial charge in [-0.1, -0.05) is 0 Å². The van der Waals surface area contributed by atoms with Crippen molar-refractivity contribution in [3.8, 4) is 17.6 Å². The first-order valence-corrected chi connectivity index (χ1v) is 9.75. The van der Waals surface area contributed by atoms with E-state index in [1.807, 2.05) is 4.72 Å². The number of fused-ring (bicyclic) bond motifs is 1. The molecule has 0 atom stereocenters. The van der Waals surface area contributed by atoms with Gasteiger partial charge in [-0.2, -0.15) is 13.7 Å². The average molecular weight is 436 g/mol. The number of halogens is 2. The number of nitriles is 1. The fourth-order valence-corrected chi connectivity index (χ4v) is 3.31. The predicted molar refractivity (Wildman–Crippen MR) is 103 cm³/mol. The molecular formula is C18H14F2N4O5S. The maximum atomic E-state index is 14.4. The third kappa shape index (κ3) is 4.37. The van der Waals surface area contributed by atoms with Gasteiger partial charge in [-0.15, -0.1) is 0 Å². The van der Waals surface area contributed by atoms with Crippen molar-refractivity contribution in [2.75, 3.05) is 18.0 Å². The SMILES string of the molecule is Cn1cnc2ccc(Oc3c(F)ccc(NS(=O)(=O)OCCF)c3C#N)cc2c1=O. The van der Waals surface area contributed by atoms with Crippen molar-refractivity contribution in [2.24, 2.45) is 7.05 Å². The van der Waals surface area contributed by atoms with E-state index >= 15 is 0 Å². The van der Waals surface area contributed by atoms with Crippen LogP contribution in [0.25, 0.3) is 10.9 Å². The van der Waals surface area contributed by atoms with Crippen molar-refractivity contribution in [3.05, 3.63) is 58.4 Å². The van der Waals surface area contributed by atoms with Crippen LogP contribution in [0.3, 0.4) is 0 Å². The summed E-state index contributed by atoms with van der Waals surface area (Å²) in [6.07, 6.45) is 1.35. The Bertz CT molecular complexity index is 1320. The highest BCUT2D eigenvalue weighted by Gasteiger charge is 2.20. The Morgan fingerprint density at radius 1 is 1.30 bits per heavy atom. The summed E-state index contributed by atoms with van der Waals surface area (Å²) in [7, 11) is -2.93.